The van der Waals surface area contributed by atoms with Gasteiger partial charge in [0.1, 0.15) is 5.82 Å². The van der Waals surface area contributed by atoms with Crippen molar-refractivity contribution in [2.45, 2.75) is 24.7 Å². The highest BCUT2D eigenvalue weighted by molar-refractivity contribution is 7.89. The van der Waals surface area contributed by atoms with Gasteiger partial charge in [-0.1, -0.05) is 0 Å². The zero-order valence-electron chi connectivity index (χ0n) is 15.0. The largest absolute Gasteiger partial charge is 0.339 e. The summed E-state index contributed by atoms with van der Waals surface area (Å²) >= 11 is 0. The summed E-state index contributed by atoms with van der Waals surface area (Å²) in [5, 5.41) is 0. The summed E-state index contributed by atoms with van der Waals surface area (Å²) < 4.78 is 38.9. The number of halogens is 1. The van der Waals surface area contributed by atoms with Crippen molar-refractivity contribution in [1.82, 2.24) is 14.1 Å². The lowest BCUT2D eigenvalue weighted by Crippen LogP contribution is -2.50. The molecule has 0 radical (unpaired) electrons. The highest BCUT2D eigenvalue weighted by Crippen LogP contribution is 2.15. The minimum Gasteiger partial charge on any atom is -0.339 e. The van der Waals surface area contributed by atoms with Crippen LogP contribution in [0.1, 0.15) is 19.8 Å². The number of rotatable bonds is 6. The number of hydrogen-bond acceptors (Lipinski definition) is 4. The van der Waals surface area contributed by atoms with E-state index in [4.69, 9.17) is 0 Å². The van der Waals surface area contributed by atoms with Gasteiger partial charge in [0.05, 0.1) is 4.90 Å². The SMILES string of the molecule is CC(=O)N1CCN(C(=O)CCCN(C)S(=O)(=O)c2ccc(F)cc2)CC1. The number of hydrogen-bond donors (Lipinski definition) is 0. The Labute approximate surface area is 153 Å². The third kappa shape index (κ3) is 5.01. The van der Waals surface area contributed by atoms with Crippen LogP contribution in [0, 0.1) is 5.82 Å². The van der Waals surface area contributed by atoms with Crippen LogP contribution in [0.25, 0.3) is 0 Å². The maximum atomic E-state index is 12.9. The maximum Gasteiger partial charge on any atom is 0.242 e. The Bertz CT molecular complexity index is 744. The second-order valence-electron chi connectivity index (χ2n) is 6.27. The number of nitrogens with zero attached hydrogens (tertiary/aromatic N) is 3. The maximum absolute atomic E-state index is 12.9. The first kappa shape index (κ1) is 20.3. The van der Waals surface area contributed by atoms with E-state index in [0.717, 1.165) is 12.1 Å². The molecule has 7 nitrogen and oxygen atoms in total. The van der Waals surface area contributed by atoms with Crippen LogP contribution >= 0.6 is 0 Å². The van der Waals surface area contributed by atoms with Crippen molar-refractivity contribution < 1.29 is 22.4 Å². The third-order valence-electron chi connectivity index (χ3n) is 4.46. The molecule has 1 saturated heterocycles. The molecule has 1 aromatic carbocycles. The molecule has 2 amide bonds. The molecule has 0 unspecified atom stereocenters. The molecule has 1 aromatic rings. The minimum absolute atomic E-state index is 0.00437. The van der Waals surface area contributed by atoms with E-state index < -0.39 is 15.8 Å². The molecule has 0 spiro atoms. The minimum atomic E-state index is -3.70. The molecule has 9 heteroatoms. The monoisotopic (exact) mass is 385 g/mol. The molecule has 0 saturated carbocycles. The number of amides is 2. The van der Waals surface area contributed by atoms with Crippen molar-refractivity contribution in [1.29, 1.82) is 0 Å². The number of carbonyl (C=O) groups excluding carboxylic acids is 2. The zero-order valence-corrected chi connectivity index (χ0v) is 15.8. The lowest BCUT2D eigenvalue weighted by atomic mass is 10.2. The van der Waals surface area contributed by atoms with Gasteiger partial charge in [-0.25, -0.2) is 17.1 Å². The van der Waals surface area contributed by atoms with Gasteiger partial charge in [0.15, 0.2) is 0 Å². The molecule has 0 aromatic heterocycles. The van der Waals surface area contributed by atoms with Crippen molar-refractivity contribution in [2.24, 2.45) is 0 Å². The molecule has 0 bridgehead atoms. The number of benzene rings is 1. The quantitative estimate of drug-likeness (QED) is 0.730. The fraction of sp³-hybridized carbons (Fsp3) is 0.529. The van der Waals surface area contributed by atoms with Gasteiger partial charge in [-0.15, -0.1) is 0 Å². The smallest absolute Gasteiger partial charge is 0.242 e. The Morgan fingerprint density at radius 3 is 2.15 bits per heavy atom. The van der Waals surface area contributed by atoms with Crippen LogP contribution in [0.15, 0.2) is 29.2 Å². The second-order valence-corrected chi connectivity index (χ2v) is 8.32. The summed E-state index contributed by atoms with van der Waals surface area (Å²) in [6.45, 7) is 3.76. The van der Waals surface area contributed by atoms with Gasteiger partial charge >= 0.3 is 0 Å². The van der Waals surface area contributed by atoms with E-state index in [2.05, 4.69) is 0 Å². The Kier molecular flexibility index (Phi) is 6.71. The normalized spacial score (nSPS) is 15.4. The second kappa shape index (κ2) is 8.59. The summed E-state index contributed by atoms with van der Waals surface area (Å²) in [6, 6.07) is 4.65. The predicted octanol–water partition coefficient (Wildman–Crippen LogP) is 0.917. The lowest BCUT2D eigenvalue weighted by Gasteiger charge is -2.34. The summed E-state index contributed by atoms with van der Waals surface area (Å²) in [5.74, 6) is -0.535. The van der Waals surface area contributed by atoms with Crippen molar-refractivity contribution in [3.05, 3.63) is 30.1 Å². The van der Waals surface area contributed by atoms with E-state index in [-0.39, 0.29) is 29.7 Å². The predicted molar refractivity (Wildman–Crippen MR) is 94.3 cm³/mol. The summed E-state index contributed by atoms with van der Waals surface area (Å²) in [7, 11) is -2.26. The molecule has 0 aliphatic carbocycles. The first-order valence-corrected chi connectivity index (χ1v) is 9.91. The van der Waals surface area contributed by atoms with Crippen LogP contribution in [0.5, 0.6) is 0 Å². The number of sulfonamides is 1. The van der Waals surface area contributed by atoms with Gasteiger partial charge < -0.3 is 9.80 Å². The Balaban J connectivity index is 1.80. The molecular weight excluding hydrogens is 361 g/mol. The van der Waals surface area contributed by atoms with Crippen LogP contribution in [-0.2, 0) is 19.6 Å². The van der Waals surface area contributed by atoms with Gasteiger partial charge in [-0.2, -0.15) is 0 Å². The molecule has 0 N–H and O–H groups in total. The average molecular weight is 385 g/mol. The van der Waals surface area contributed by atoms with Crippen LogP contribution in [-0.4, -0.2) is 74.1 Å². The zero-order chi connectivity index (χ0) is 19.3. The van der Waals surface area contributed by atoms with Crippen molar-refractivity contribution in [3.8, 4) is 0 Å². The topological polar surface area (TPSA) is 78.0 Å². The van der Waals surface area contributed by atoms with Crippen LogP contribution in [0.3, 0.4) is 0 Å². The highest BCUT2D eigenvalue weighted by Gasteiger charge is 2.23. The van der Waals surface area contributed by atoms with E-state index in [1.54, 1.807) is 9.80 Å². The van der Waals surface area contributed by atoms with Gasteiger partial charge in [-0.05, 0) is 30.7 Å². The summed E-state index contributed by atoms with van der Waals surface area (Å²) in [4.78, 5) is 26.9. The Morgan fingerprint density at radius 2 is 1.62 bits per heavy atom. The lowest BCUT2D eigenvalue weighted by molar-refractivity contribution is -0.138. The fourth-order valence-corrected chi connectivity index (χ4v) is 4.00. The molecule has 1 aliphatic rings. The standard InChI is InChI=1S/C17H24FN3O4S/c1-14(22)20-10-12-21(13-11-20)17(23)4-3-9-19(2)26(24,25)16-7-5-15(18)6-8-16/h5-8H,3-4,9-13H2,1-2H3. The van der Waals surface area contributed by atoms with E-state index >= 15 is 0 Å². The molecule has 1 heterocycles. The van der Waals surface area contributed by atoms with Crippen LogP contribution in [0.4, 0.5) is 4.39 Å². The van der Waals surface area contributed by atoms with Crippen molar-refractivity contribution in [2.75, 3.05) is 39.8 Å². The first-order valence-electron chi connectivity index (χ1n) is 8.47. The van der Waals surface area contributed by atoms with Crippen LogP contribution < -0.4 is 0 Å². The molecule has 1 aliphatic heterocycles. The molecule has 2 rings (SSSR count). The average Bonchev–Trinajstić information content (AvgIpc) is 2.61. The highest BCUT2D eigenvalue weighted by atomic mass is 32.2. The summed E-state index contributed by atoms with van der Waals surface area (Å²) in [5.41, 5.74) is 0. The molecule has 1 fully saturated rings. The van der Waals surface area contributed by atoms with E-state index in [9.17, 15) is 22.4 Å². The Hall–Kier alpha value is -2.00. The van der Waals surface area contributed by atoms with E-state index in [0.29, 0.717) is 32.6 Å². The van der Waals surface area contributed by atoms with E-state index in [1.807, 2.05) is 0 Å². The first-order chi connectivity index (χ1) is 12.2. The Morgan fingerprint density at radius 1 is 1.08 bits per heavy atom. The molecule has 26 heavy (non-hydrogen) atoms. The van der Waals surface area contributed by atoms with Gasteiger partial charge in [0.25, 0.3) is 0 Å². The number of carbonyl (C=O) groups is 2. The number of piperazine rings is 1. The van der Waals surface area contributed by atoms with E-state index in [1.165, 1.54) is 30.4 Å². The molecular formula is C17H24FN3O4S. The van der Waals surface area contributed by atoms with Gasteiger partial charge in [0.2, 0.25) is 21.8 Å². The summed E-state index contributed by atoms with van der Waals surface area (Å²) in [6.07, 6.45) is 0.631. The third-order valence-corrected chi connectivity index (χ3v) is 6.33. The molecule has 144 valence electrons. The molecule has 0 atom stereocenters. The van der Waals surface area contributed by atoms with Crippen LogP contribution in [0.2, 0.25) is 0 Å². The van der Waals surface area contributed by atoms with Crippen molar-refractivity contribution in [3.63, 3.8) is 0 Å². The van der Waals surface area contributed by atoms with Crippen molar-refractivity contribution >= 4 is 21.8 Å². The van der Waals surface area contributed by atoms with Gasteiger partial charge in [0, 0.05) is 53.1 Å². The fourth-order valence-electron chi connectivity index (χ4n) is 2.79. The van der Waals surface area contributed by atoms with Gasteiger partial charge in [-0.3, -0.25) is 9.59 Å².